The minimum absolute atomic E-state index is 0.0415. The number of carbonyl (C=O) groups is 3. The van der Waals surface area contributed by atoms with Crippen LogP contribution in [0.3, 0.4) is 0 Å². The summed E-state index contributed by atoms with van der Waals surface area (Å²) in [5, 5.41) is 1.05. The summed E-state index contributed by atoms with van der Waals surface area (Å²) in [4.78, 5) is 42.5. The number of benzene rings is 1. The summed E-state index contributed by atoms with van der Waals surface area (Å²) in [6, 6.07) is 7.83. The zero-order valence-electron chi connectivity index (χ0n) is 14.7. The molecule has 7 heteroatoms. The van der Waals surface area contributed by atoms with Gasteiger partial charge in [-0.3, -0.25) is 9.59 Å². The van der Waals surface area contributed by atoms with Gasteiger partial charge in [-0.25, -0.2) is 4.79 Å². The fourth-order valence-electron chi connectivity index (χ4n) is 4.45. The molecule has 1 aromatic carbocycles. The van der Waals surface area contributed by atoms with E-state index in [0.717, 1.165) is 16.5 Å². The van der Waals surface area contributed by atoms with Crippen molar-refractivity contribution in [3.8, 4) is 0 Å². The third kappa shape index (κ3) is 2.09. The van der Waals surface area contributed by atoms with E-state index in [1.54, 1.807) is 4.90 Å². The maximum atomic E-state index is 12.9. The van der Waals surface area contributed by atoms with E-state index in [4.69, 9.17) is 9.47 Å². The van der Waals surface area contributed by atoms with E-state index in [9.17, 15) is 14.4 Å². The highest BCUT2D eigenvalue weighted by Crippen LogP contribution is 2.49. The zero-order valence-corrected chi connectivity index (χ0v) is 14.7. The molecule has 7 nitrogen and oxygen atoms in total. The average Bonchev–Trinajstić information content (AvgIpc) is 3.18. The van der Waals surface area contributed by atoms with Crippen LogP contribution in [0.15, 0.2) is 24.3 Å². The molecule has 2 atom stereocenters. The van der Waals surface area contributed by atoms with Gasteiger partial charge in [-0.2, -0.15) is 0 Å². The Hall–Kier alpha value is -2.83. The van der Waals surface area contributed by atoms with E-state index in [1.165, 1.54) is 14.2 Å². The largest absolute Gasteiger partial charge is 0.469 e. The van der Waals surface area contributed by atoms with E-state index in [0.29, 0.717) is 18.7 Å². The van der Waals surface area contributed by atoms with Crippen LogP contribution >= 0.6 is 0 Å². The second kappa shape index (κ2) is 5.86. The number of nitrogens with zero attached hydrogens (tertiary/aromatic N) is 1. The summed E-state index contributed by atoms with van der Waals surface area (Å²) in [7, 11) is 2.62. The van der Waals surface area contributed by atoms with Gasteiger partial charge >= 0.3 is 11.9 Å². The lowest BCUT2D eigenvalue weighted by molar-refractivity contribution is -0.159. The number of esters is 2. The first-order valence-electron chi connectivity index (χ1n) is 8.59. The first kappa shape index (κ1) is 16.6. The van der Waals surface area contributed by atoms with Gasteiger partial charge in [0.05, 0.1) is 32.3 Å². The van der Waals surface area contributed by atoms with E-state index in [-0.39, 0.29) is 18.7 Å². The molecule has 0 unspecified atom stereocenters. The molecule has 3 heterocycles. The van der Waals surface area contributed by atoms with E-state index in [2.05, 4.69) is 4.98 Å². The highest BCUT2D eigenvalue weighted by atomic mass is 16.5. The minimum atomic E-state index is -1.21. The lowest BCUT2D eigenvalue weighted by Gasteiger charge is -2.39. The Balaban J connectivity index is 1.88. The summed E-state index contributed by atoms with van der Waals surface area (Å²) < 4.78 is 9.82. The number of nitrogens with one attached hydrogen (secondary N) is 1. The van der Waals surface area contributed by atoms with Crippen molar-refractivity contribution >= 4 is 28.7 Å². The number of aromatic nitrogens is 1. The van der Waals surface area contributed by atoms with E-state index >= 15 is 0 Å². The number of ether oxygens (including phenoxy) is 2. The van der Waals surface area contributed by atoms with Crippen LogP contribution in [-0.2, 0) is 35.8 Å². The number of hydrogen-bond acceptors (Lipinski definition) is 5. The van der Waals surface area contributed by atoms with Crippen LogP contribution in [0.1, 0.15) is 24.1 Å². The van der Waals surface area contributed by atoms with Gasteiger partial charge in [0, 0.05) is 17.4 Å². The van der Waals surface area contributed by atoms with Gasteiger partial charge in [0.1, 0.15) is 0 Å². The average molecular weight is 356 g/mol. The van der Waals surface area contributed by atoms with E-state index in [1.807, 2.05) is 24.3 Å². The fourth-order valence-corrected chi connectivity index (χ4v) is 4.45. The van der Waals surface area contributed by atoms with Gasteiger partial charge in [-0.05, 0) is 24.5 Å². The summed E-state index contributed by atoms with van der Waals surface area (Å²) >= 11 is 0. The van der Waals surface area contributed by atoms with Gasteiger partial charge in [-0.15, -0.1) is 0 Å². The zero-order chi connectivity index (χ0) is 18.5. The maximum Gasteiger partial charge on any atom is 0.338 e. The topological polar surface area (TPSA) is 88.7 Å². The van der Waals surface area contributed by atoms with Crippen molar-refractivity contribution in [3.63, 3.8) is 0 Å². The number of amides is 1. The number of hydrogen-bond donors (Lipinski definition) is 1. The molecule has 4 rings (SSSR count). The molecule has 136 valence electrons. The second-order valence-corrected chi connectivity index (χ2v) is 6.80. The molecule has 1 amide bonds. The molecule has 26 heavy (non-hydrogen) atoms. The highest BCUT2D eigenvalue weighted by molar-refractivity contribution is 5.98. The predicted octanol–water partition coefficient (Wildman–Crippen LogP) is 1.50. The van der Waals surface area contributed by atoms with Crippen molar-refractivity contribution < 1.29 is 23.9 Å². The van der Waals surface area contributed by atoms with Gasteiger partial charge in [0.25, 0.3) is 0 Å². The number of para-hydroxylation sites is 1. The Morgan fingerprint density at radius 3 is 2.77 bits per heavy atom. The van der Waals surface area contributed by atoms with Crippen molar-refractivity contribution in [1.29, 1.82) is 0 Å². The lowest BCUT2D eigenvalue weighted by atomic mass is 9.82. The Morgan fingerprint density at radius 1 is 1.27 bits per heavy atom. The summed E-state index contributed by atoms with van der Waals surface area (Å²) in [5.74, 6) is -1.74. The molecular formula is C19H20N2O5. The molecule has 0 radical (unpaired) electrons. The minimum Gasteiger partial charge on any atom is -0.469 e. The Bertz CT molecular complexity index is 918. The van der Waals surface area contributed by atoms with Gasteiger partial charge in [0.15, 0.2) is 5.54 Å². The number of fused-ring (bicyclic) bond motifs is 5. The first-order chi connectivity index (χ1) is 12.5. The van der Waals surface area contributed by atoms with Gasteiger partial charge in [-0.1, -0.05) is 18.2 Å². The second-order valence-electron chi connectivity index (χ2n) is 6.80. The smallest absolute Gasteiger partial charge is 0.338 e. The van der Waals surface area contributed by atoms with Crippen molar-refractivity contribution in [2.75, 3.05) is 20.8 Å². The molecule has 1 N–H and O–H groups in total. The third-order valence-electron chi connectivity index (χ3n) is 5.59. The molecule has 2 aliphatic heterocycles. The number of methoxy groups -OCH3 is 2. The molecular weight excluding hydrogens is 336 g/mol. The number of H-pyrrole nitrogens is 1. The van der Waals surface area contributed by atoms with Crippen molar-refractivity contribution in [1.82, 2.24) is 9.88 Å². The van der Waals surface area contributed by atoms with Crippen LogP contribution in [0, 0.1) is 5.92 Å². The van der Waals surface area contributed by atoms with E-state index < -0.39 is 23.4 Å². The number of aromatic amines is 1. The van der Waals surface area contributed by atoms with Crippen LogP contribution in [0.2, 0.25) is 0 Å². The summed E-state index contributed by atoms with van der Waals surface area (Å²) in [6.07, 6.45) is 0.808. The molecule has 0 aliphatic carbocycles. The molecule has 2 aromatic rings. The SMILES string of the molecule is COC(=O)C[C@H]1C[C@@]2(C(=O)OC)c3[nH]c4ccccc4c3CCN2C1=O. The normalized spacial score (nSPS) is 24.3. The molecule has 0 spiro atoms. The number of rotatable bonds is 3. The lowest BCUT2D eigenvalue weighted by Crippen LogP contribution is -2.53. The van der Waals surface area contributed by atoms with Crippen LogP contribution < -0.4 is 0 Å². The van der Waals surface area contributed by atoms with Crippen LogP contribution in [0.5, 0.6) is 0 Å². The van der Waals surface area contributed by atoms with Crippen LogP contribution in [0.25, 0.3) is 10.9 Å². The standard InChI is InChI=1S/C19H20N2O5/c1-25-15(22)9-11-10-19(18(24)26-2)16-13(7-8-21(19)17(11)23)12-5-3-4-6-14(12)20-16/h3-6,11,20H,7-10H2,1-2H3/t11-,19-/m0/s1. The molecule has 2 aliphatic rings. The van der Waals surface area contributed by atoms with Crippen molar-refractivity contribution in [3.05, 3.63) is 35.5 Å². The molecule has 1 saturated heterocycles. The molecule has 1 fully saturated rings. The highest BCUT2D eigenvalue weighted by Gasteiger charge is 2.61. The summed E-state index contributed by atoms with van der Waals surface area (Å²) in [5.41, 5.74) is 1.45. The third-order valence-corrected chi connectivity index (χ3v) is 5.59. The van der Waals surface area contributed by atoms with Gasteiger partial charge < -0.3 is 19.4 Å². The first-order valence-corrected chi connectivity index (χ1v) is 8.59. The van der Waals surface area contributed by atoms with Crippen molar-refractivity contribution in [2.24, 2.45) is 5.92 Å². The van der Waals surface area contributed by atoms with Crippen molar-refractivity contribution in [2.45, 2.75) is 24.8 Å². The molecule has 0 saturated carbocycles. The number of carbonyl (C=O) groups excluding carboxylic acids is 3. The summed E-state index contributed by atoms with van der Waals surface area (Å²) in [6.45, 7) is 0.417. The molecule has 0 bridgehead atoms. The quantitative estimate of drug-likeness (QED) is 0.842. The fraction of sp³-hybridized carbons (Fsp3) is 0.421. The monoisotopic (exact) mass is 356 g/mol. The van der Waals surface area contributed by atoms with Gasteiger partial charge in [0.2, 0.25) is 5.91 Å². The maximum absolute atomic E-state index is 12.9. The Labute approximate surface area is 150 Å². The Morgan fingerprint density at radius 2 is 2.04 bits per heavy atom. The van der Waals surface area contributed by atoms with Crippen LogP contribution in [-0.4, -0.2) is 48.5 Å². The predicted molar refractivity (Wildman–Crippen MR) is 92.1 cm³/mol. The molecule has 1 aromatic heterocycles. The Kier molecular flexibility index (Phi) is 3.75. The van der Waals surface area contributed by atoms with Crippen LogP contribution in [0.4, 0.5) is 0 Å².